The fourth-order valence-corrected chi connectivity index (χ4v) is 1.21. The number of hydrogen-bond acceptors (Lipinski definition) is 2. The molecule has 0 aromatic heterocycles. The van der Waals surface area contributed by atoms with Crippen molar-refractivity contribution < 1.29 is 9.50 Å². The summed E-state index contributed by atoms with van der Waals surface area (Å²) in [7, 11) is 0. The third-order valence-corrected chi connectivity index (χ3v) is 2.13. The zero-order valence-electron chi connectivity index (χ0n) is 7.63. The number of nitrogens with two attached hydrogens (primary N) is 1. The number of phenols is 1. The first-order chi connectivity index (χ1) is 6.19. The van der Waals surface area contributed by atoms with Crippen LogP contribution in [0.3, 0.4) is 0 Å². The van der Waals surface area contributed by atoms with Crippen LogP contribution in [-0.2, 0) is 6.67 Å². The van der Waals surface area contributed by atoms with Crippen molar-refractivity contribution in [3.8, 4) is 5.75 Å². The second-order valence-corrected chi connectivity index (χ2v) is 3.16. The van der Waals surface area contributed by atoms with Gasteiger partial charge in [-0.15, -0.1) is 0 Å². The zero-order valence-corrected chi connectivity index (χ0v) is 7.63. The summed E-state index contributed by atoms with van der Waals surface area (Å²) in [4.78, 5) is 0. The summed E-state index contributed by atoms with van der Waals surface area (Å²) in [6, 6.07) is 4.74. The van der Waals surface area contributed by atoms with Crippen LogP contribution in [0.5, 0.6) is 5.75 Å². The van der Waals surface area contributed by atoms with Crippen molar-refractivity contribution in [1.29, 1.82) is 0 Å². The molecule has 13 heavy (non-hydrogen) atoms. The Morgan fingerprint density at radius 1 is 1.54 bits per heavy atom. The molecule has 0 spiro atoms. The third-order valence-electron chi connectivity index (χ3n) is 2.13. The van der Waals surface area contributed by atoms with E-state index in [0.717, 1.165) is 5.56 Å². The van der Waals surface area contributed by atoms with Crippen LogP contribution in [0, 0.1) is 0 Å². The molecule has 0 fully saturated rings. The van der Waals surface area contributed by atoms with Gasteiger partial charge < -0.3 is 10.8 Å². The molecule has 0 saturated heterocycles. The van der Waals surface area contributed by atoms with E-state index in [1.165, 1.54) is 6.07 Å². The van der Waals surface area contributed by atoms with Gasteiger partial charge in [0.05, 0.1) is 0 Å². The molecule has 1 rings (SSSR count). The van der Waals surface area contributed by atoms with Crippen LogP contribution in [-0.4, -0.2) is 11.7 Å². The molecule has 72 valence electrons. The van der Waals surface area contributed by atoms with Crippen LogP contribution in [0.25, 0.3) is 0 Å². The van der Waals surface area contributed by atoms with Crippen LogP contribution in [0.2, 0.25) is 0 Å². The van der Waals surface area contributed by atoms with Crippen LogP contribution >= 0.6 is 0 Å². The SMILES string of the molecule is CC(CN)c1cc(CF)ccc1O. The molecule has 3 N–H and O–H groups in total. The maximum atomic E-state index is 12.3. The lowest BCUT2D eigenvalue weighted by molar-refractivity contribution is 0.458. The average Bonchev–Trinajstić information content (AvgIpc) is 2.17. The molecule has 1 aromatic carbocycles. The van der Waals surface area contributed by atoms with E-state index in [2.05, 4.69) is 0 Å². The Kier molecular flexibility index (Phi) is 3.25. The normalized spacial score (nSPS) is 12.8. The second-order valence-electron chi connectivity index (χ2n) is 3.16. The van der Waals surface area contributed by atoms with E-state index in [1.54, 1.807) is 12.1 Å². The number of alkyl halides is 1. The van der Waals surface area contributed by atoms with E-state index in [1.807, 2.05) is 6.92 Å². The minimum absolute atomic E-state index is 0.0616. The molecule has 0 aliphatic rings. The number of aromatic hydroxyl groups is 1. The maximum absolute atomic E-state index is 12.3. The van der Waals surface area contributed by atoms with E-state index in [9.17, 15) is 9.50 Å². The van der Waals surface area contributed by atoms with Crippen molar-refractivity contribution in [3.05, 3.63) is 29.3 Å². The fraction of sp³-hybridized carbons (Fsp3) is 0.400. The van der Waals surface area contributed by atoms with Gasteiger partial charge in [0.1, 0.15) is 12.4 Å². The Labute approximate surface area is 77.2 Å². The quantitative estimate of drug-likeness (QED) is 0.752. The largest absolute Gasteiger partial charge is 0.508 e. The summed E-state index contributed by atoms with van der Waals surface area (Å²) in [5, 5.41) is 9.45. The molecule has 0 bridgehead atoms. The summed E-state index contributed by atoms with van der Waals surface area (Å²) in [5.74, 6) is 0.252. The summed E-state index contributed by atoms with van der Waals surface area (Å²) in [6.45, 7) is 1.84. The highest BCUT2D eigenvalue weighted by molar-refractivity contribution is 5.38. The average molecular weight is 183 g/mol. The molecule has 1 atom stereocenters. The highest BCUT2D eigenvalue weighted by Crippen LogP contribution is 2.26. The van der Waals surface area contributed by atoms with Gasteiger partial charge in [0.15, 0.2) is 0 Å². The highest BCUT2D eigenvalue weighted by atomic mass is 19.1. The summed E-state index contributed by atoms with van der Waals surface area (Å²) < 4.78 is 12.3. The van der Waals surface area contributed by atoms with E-state index in [-0.39, 0.29) is 11.7 Å². The van der Waals surface area contributed by atoms with E-state index in [0.29, 0.717) is 12.1 Å². The van der Waals surface area contributed by atoms with Crippen LogP contribution in [0.15, 0.2) is 18.2 Å². The Morgan fingerprint density at radius 2 is 2.23 bits per heavy atom. The Bertz CT molecular complexity index is 288. The minimum Gasteiger partial charge on any atom is -0.508 e. The number of hydrogen-bond donors (Lipinski definition) is 2. The first kappa shape index (κ1) is 9.99. The molecule has 2 nitrogen and oxygen atoms in total. The topological polar surface area (TPSA) is 46.2 Å². The first-order valence-corrected chi connectivity index (χ1v) is 4.26. The van der Waals surface area contributed by atoms with E-state index < -0.39 is 6.67 Å². The lowest BCUT2D eigenvalue weighted by atomic mass is 9.98. The van der Waals surface area contributed by atoms with Gasteiger partial charge >= 0.3 is 0 Å². The molecule has 0 aliphatic carbocycles. The molecular formula is C10H14FNO. The Hall–Kier alpha value is -1.09. The van der Waals surface area contributed by atoms with Gasteiger partial charge in [-0.25, -0.2) is 4.39 Å². The molecule has 0 saturated carbocycles. The van der Waals surface area contributed by atoms with Crippen molar-refractivity contribution in [2.24, 2.45) is 5.73 Å². The Balaban J connectivity index is 3.03. The minimum atomic E-state index is -0.509. The van der Waals surface area contributed by atoms with Crippen molar-refractivity contribution in [3.63, 3.8) is 0 Å². The monoisotopic (exact) mass is 183 g/mol. The van der Waals surface area contributed by atoms with Gasteiger partial charge in [-0.2, -0.15) is 0 Å². The molecule has 3 heteroatoms. The van der Waals surface area contributed by atoms with E-state index >= 15 is 0 Å². The van der Waals surface area contributed by atoms with E-state index in [4.69, 9.17) is 5.73 Å². The predicted molar refractivity (Wildman–Crippen MR) is 50.4 cm³/mol. The van der Waals surface area contributed by atoms with Gasteiger partial charge in [-0.1, -0.05) is 13.0 Å². The zero-order chi connectivity index (χ0) is 9.84. The second kappa shape index (κ2) is 4.23. The maximum Gasteiger partial charge on any atom is 0.119 e. The standard InChI is InChI=1S/C10H14FNO/c1-7(6-12)9-4-8(5-11)2-3-10(9)13/h2-4,7,13H,5-6,12H2,1H3. The molecule has 0 heterocycles. The molecule has 1 aromatic rings. The van der Waals surface area contributed by atoms with Crippen LogP contribution < -0.4 is 5.73 Å². The molecule has 0 radical (unpaired) electrons. The fourth-order valence-electron chi connectivity index (χ4n) is 1.21. The number of rotatable bonds is 3. The predicted octanol–water partition coefficient (Wildman–Crippen LogP) is 1.92. The summed E-state index contributed by atoms with van der Waals surface area (Å²) in [6.07, 6.45) is 0. The van der Waals surface area contributed by atoms with Crippen LogP contribution in [0.4, 0.5) is 4.39 Å². The summed E-state index contributed by atoms with van der Waals surface area (Å²) >= 11 is 0. The smallest absolute Gasteiger partial charge is 0.119 e. The number of phenolic OH excluding ortho intramolecular Hbond substituents is 1. The number of halogens is 1. The highest BCUT2D eigenvalue weighted by Gasteiger charge is 2.09. The molecule has 1 unspecified atom stereocenters. The lowest BCUT2D eigenvalue weighted by Gasteiger charge is -2.11. The van der Waals surface area contributed by atoms with Gasteiger partial charge in [0.25, 0.3) is 0 Å². The van der Waals surface area contributed by atoms with Crippen molar-refractivity contribution in [1.82, 2.24) is 0 Å². The van der Waals surface area contributed by atoms with Gasteiger partial charge in [-0.3, -0.25) is 0 Å². The van der Waals surface area contributed by atoms with Crippen molar-refractivity contribution >= 4 is 0 Å². The van der Waals surface area contributed by atoms with Crippen molar-refractivity contribution in [2.75, 3.05) is 6.54 Å². The lowest BCUT2D eigenvalue weighted by Crippen LogP contribution is -2.09. The van der Waals surface area contributed by atoms with Crippen molar-refractivity contribution in [2.45, 2.75) is 19.5 Å². The van der Waals surface area contributed by atoms with Crippen LogP contribution in [0.1, 0.15) is 24.0 Å². The third kappa shape index (κ3) is 2.18. The molecule has 0 aliphatic heterocycles. The van der Waals surface area contributed by atoms with Gasteiger partial charge in [0.2, 0.25) is 0 Å². The first-order valence-electron chi connectivity index (χ1n) is 4.26. The van der Waals surface area contributed by atoms with Gasteiger partial charge in [-0.05, 0) is 35.7 Å². The molecule has 0 amide bonds. The summed E-state index contributed by atoms with van der Waals surface area (Å²) in [5.41, 5.74) is 6.76. The number of benzene rings is 1. The molecular weight excluding hydrogens is 169 g/mol. The van der Waals surface area contributed by atoms with Gasteiger partial charge in [0, 0.05) is 0 Å². The Morgan fingerprint density at radius 3 is 2.77 bits per heavy atom.